The molecular formula is C33H40F3N7O2. The van der Waals surface area contributed by atoms with Crippen LogP contribution in [0.2, 0.25) is 0 Å². The van der Waals surface area contributed by atoms with Gasteiger partial charge in [0, 0.05) is 61.3 Å². The Labute approximate surface area is 261 Å². The van der Waals surface area contributed by atoms with Crippen LogP contribution >= 0.6 is 0 Å². The van der Waals surface area contributed by atoms with E-state index in [1.807, 2.05) is 13.0 Å². The lowest BCUT2D eigenvalue weighted by molar-refractivity contribution is 0.0940. The Morgan fingerprint density at radius 3 is 2.69 bits per heavy atom. The Hall–Kier alpha value is -4.16. The van der Waals surface area contributed by atoms with Crippen LogP contribution in [0.15, 0.2) is 48.9 Å². The minimum atomic E-state index is -1.07. The number of fused-ring (bicyclic) bond motifs is 1. The molecule has 1 fully saturated rings. The third-order valence-electron chi connectivity index (χ3n) is 8.42. The van der Waals surface area contributed by atoms with Gasteiger partial charge in [0.05, 0.1) is 25.7 Å². The first kappa shape index (κ1) is 32.2. The zero-order valence-corrected chi connectivity index (χ0v) is 25.9. The number of halogens is 3. The number of aromatic nitrogens is 3. The molecule has 9 nitrogen and oxygen atoms in total. The normalized spacial score (nSPS) is 14.0. The second kappa shape index (κ2) is 14.7. The molecule has 1 aliphatic heterocycles. The average molecular weight is 624 g/mol. The minimum absolute atomic E-state index is 0.0329. The number of nitrogens with one attached hydrogen (secondary N) is 3. The van der Waals surface area contributed by atoms with Gasteiger partial charge in [0.2, 0.25) is 5.82 Å². The van der Waals surface area contributed by atoms with Crippen LogP contribution in [-0.4, -0.2) is 78.2 Å². The van der Waals surface area contributed by atoms with E-state index in [0.29, 0.717) is 47.2 Å². The molecule has 1 saturated heterocycles. The van der Waals surface area contributed by atoms with Crippen molar-refractivity contribution in [1.29, 1.82) is 0 Å². The van der Waals surface area contributed by atoms with Crippen LogP contribution in [0.5, 0.6) is 5.75 Å². The van der Waals surface area contributed by atoms with E-state index >= 15 is 0 Å². The number of ether oxygens (including phenoxy) is 1. The lowest BCUT2D eigenvalue weighted by Gasteiger charge is -2.33. The number of carbonyl (C=O) groups is 1. The van der Waals surface area contributed by atoms with Crippen molar-refractivity contribution >= 4 is 23.1 Å². The monoisotopic (exact) mass is 623 g/mol. The van der Waals surface area contributed by atoms with E-state index in [1.54, 1.807) is 22.7 Å². The van der Waals surface area contributed by atoms with E-state index in [1.165, 1.54) is 31.6 Å². The van der Waals surface area contributed by atoms with Crippen molar-refractivity contribution in [3.63, 3.8) is 0 Å². The van der Waals surface area contributed by atoms with Crippen LogP contribution in [0, 0.1) is 23.5 Å². The summed E-state index contributed by atoms with van der Waals surface area (Å²) >= 11 is 0. The summed E-state index contributed by atoms with van der Waals surface area (Å²) in [7, 11) is 1.28. The summed E-state index contributed by atoms with van der Waals surface area (Å²) in [6, 6.07) is 8.17. The third-order valence-corrected chi connectivity index (χ3v) is 8.42. The number of aryl methyl sites for hydroxylation is 1. The fourth-order valence-corrected chi connectivity index (χ4v) is 5.57. The van der Waals surface area contributed by atoms with E-state index in [-0.39, 0.29) is 29.7 Å². The van der Waals surface area contributed by atoms with Crippen molar-refractivity contribution in [2.24, 2.45) is 11.8 Å². The molecule has 4 aromatic rings. The molecule has 240 valence electrons. The SMILES string of the molecule is CCc1cc(Nc2nccn3c(-c4ccc(OC)c(F)c4F)cnc23)ccc1C(=O)NCC(CF)CCN(CC)CC1CNC1. The van der Waals surface area contributed by atoms with Gasteiger partial charge in [-0.25, -0.2) is 14.4 Å². The first-order chi connectivity index (χ1) is 21.9. The quantitative estimate of drug-likeness (QED) is 0.167. The topological polar surface area (TPSA) is 95.8 Å². The van der Waals surface area contributed by atoms with Crippen LogP contribution in [0.3, 0.4) is 0 Å². The summed E-state index contributed by atoms with van der Waals surface area (Å²) in [5, 5.41) is 9.47. The Balaban J connectivity index is 1.25. The summed E-state index contributed by atoms with van der Waals surface area (Å²) in [6.07, 6.45) is 5.88. The van der Waals surface area contributed by atoms with Gasteiger partial charge in [-0.3, -0.25) is 13.6 Å². The van der Waals surface area contributed by atoms with E-state index < -0.39 is 18.3 Å². The fraction of sp³-hybridized carbons (Fsp3) is 0.424. The van der Waals surface area contributed by atoms with E-state index in [4.69, 9.17) is 4.74 Å². The summed E-state index contributed by atoms with van der Waals surface area (Å²) in [4.78, 5) is 24.3. The maximum absolute atomic E-state index is 14.9. The molecule has 3 heterocycles. The second-order valence-corrected chi connectivity index (χ2v) is 11.3. The first-order valence-electron chi connectivity index (χ1n) is 15.4. The van der Waals surface area contributed by atoms with E-state index in [2.05, 4.69) is 37.7 Å². The lowest BCUT2D eigenvalue weighted by Crippen LogP contribution is -2.48. The molecule has 0 spiro atoms. The predicted molar refractivity (Wildman–Crippen MR) is 169 cm³/mol. The third kappa shape index (κ3) is 7.23. The standard InChI is InChI=1S/C33H40F3N7O2/c1-4-23-14-24(6-7-25(23)33(44)40-18-21(15-34)10-12-42(5-2)20-22-16-37-17-22)41-31-32-39-19-27(43(32)13-11-38-31)26-8-9-28(45-3)30(36)29(26)35/h6-9,11,13-14,19,21-22,37H,4-5,10,12,15-18,20H2,1-3H3,(H,38,41)(H,40,44). The summed E-state index contributed by atoms with van der Waals surface area (Å²) in [6.45, 7) is 8.70. The van der Waals surface area contributed by atoms with Crippen molar-refractivity contribution in [1.82, 2.24) is 29.9 Å². The highest BCUT2D eigenvalue weighted by molar-refractivity contribution is 5.96. The highest BCUT2D eigenvalue weighted by Gasteiger charge is 2.22. The predicted octanol–water partition coefficient (Wildman–Crippen LogP) is 5.24. The number of benzene rings is 2. The van der Waals surface area contributed by atoms with Crippen LogP contribution in [0.4, 0.5) is 24.7 Å². The van der Waals surface area contributed by atoms with Crippen molar-refractivity contribution < 1.29 is 22.7 Å². The van der Waals surface area contributed by atoms with Gasteiger partial charge in [-0.15, -0.1) is 0 Å². The number of rotatable bonds is 15. The van der Waals surface area contributed by atoms with Gasteiger partial charge in [0.25, 0.3) is 5.91 Å². The highest BCUT2D eigenvalue weighted by Crippen LogP contribution is 2.31. The molecule has 3 N–H and O–H groups in total. The Morgan fingerprint density at radius 2 is 2.00 bits per heavy atom. The van der Waals surface area contributed by atoms with Crippen LogP contribution < -0.4 is 20.7 Å². The Kier molecular flexibility index (Phi) is 10.6. The molecule has 1 atom stereocenters. The largest absolute Gasteiger partial charge is 0.494 e. The molecule has 5 rings (SSSR count). The van der Waals surface area contributed by atoms with Crippen molar-refractivity contribution in [3.05, 3.63) is 71.7 Å². The van der Waals surface area contributed by atoms with Gasteiger partial charge in [-0.2, -0.15) is 4.39 Å². The molecule has 2 aromatic heterocycles. The molecule has 1 aliphatic rings. The summed E-state index contributed by atoms with van der Waals surface area (Å²) < 4.78 is 49.6. The molecular weight excluding hydrogens is 583 g/mol. The first-order valence-corrected chi connectivity index (χ1v) is 15.4. The molecule has 45 heavy (non-hydrogen) atoms. The van der Waals surface area contributed by atoms with Gasteiger partial charge < -0.3 is 25.6 Å². The molecule has 0 saturated carbocycles. The molecule has 0 aliphatic carbocycles. The number of anilines is 2. The molecule has 1 unspecified atom stereocenters. The summed E-state index contributed by atoms with van der Waals surface area (Å²) in [5.74, 6) is -1.72. The second-order valence-electron chi connectivity index (χ2n) is 11.3. The average Bonchev–Trinajstić information content (AvgIpc) is 3.47. The van der Waals surface area contributed by atoms with Gasteiger partial charge in [-0.1, -0.05) is 13.8 Å². The van der Waals surface area contributed by atoms with Crippen molar-refractivity contribution in [3.8, 4) is 17.0 Å². The zero-order valence-electron chi connectivity index (χ0n) is 25.9. The number of imidazole rings is 1. The van der Waals surface area contributed by atoms with Crippen LogP contribution in [0.1, 0.15) is 36.2 Å². The number of hydrogen-bond donors (Lipinski definition) is 3. The number of nitrogens with zero attached hydrogens (tertiary/aromatic N) is 4. The molecule has 12 heteroatoms. The maximum Gasteiger partial charge on any atom is 0.251 e. The number of hydrogen-bond acceptors (Lipinski definition) is 7. The number of alkyl halides is 1. The van der Waals surface area contributed by atoms with Crippen LogP contribution in [-0.2, 0) is 6.42 Å². The number of carbonyl (C=O) groups excluding carboxylic acids is 1. The van der Waals surface area contributed by atoms with Crippen molar-refractivity contribution in [2.75, 3.05) is 58.4 Å². The fourth-order valence-electron chi connectivity index (χ4n) is 5.57. The summed E-state index contributed by atoms with van der Waals surface area (Å²) in [5.41, 5.74) is 2.81. The highest BCUT2D eigenvalue weighted by atomic mass is 19.2. The van der Waals surface area contributed by atoms with Crippen LogP contribution in [0.25, 0.3) is 16.9 Å². The molecule has 1 amide bonds. The van der Waals surface area contributed by atoms with E-state index in [9.17, 15) is 18.0 Å². The maximum atomic E-state index is 14.9. The smallest absolute Gasteiger partial charge is 0.251 e. The van der Waals surface area contributed by atoms with Gasteiger partial charge >= 0.3 is 0 Å². The Bertz CT molecular complexity index is 1630. The van der Waals surface area contributed by atoms with Gasteiger partial charge in [-0.05, 0) is 67.7 Å². The Morgan fingerprint density at radius 1 is 1.18 bits per heavy atom. The minimum Gasteiger partial charge on any atom is -0.494 e. The number of methoxy groups -OCH3 is 1. The van der Waals surface area contributed by atoms with Gasteiger partial charge in [0.1, 0.15) is 0 Å². The molecule has 0 bridgehead atoms. The van der Waals surface area contributed by atoms with Gasteiger partial charge in [0.15, 0.2) is 23.0 Å². The zero-order chi connectivity index (χ0) is 31.9. The van der Waals surface area contributed by atoms with Crippen molar-refractivity contribution in [2.45, 2.75) is 26.7 Å². The lowest BCUT2D eigenvalue weighted by atomic mass is 10.0. The van der Waals surface area contributed by atoms with E-state index in [0.717, 1.165) is 38.3 Å². The number of amides is 1. The molecule has 2 aromatic carbocycles. The molecule has 0 radical (unpaired) electrons.